The van der Waals surface area contributed by atoms with E-state index in [-0.39, 0.29) is 12.3 Å². The fourth-order valence-corrected chi connectivity index (χ4v) is 6.21. The van der Waals surface area contributed by atoms with E-state index in [0.29, 0.717) is 49.3 Å². The molecule has 0 radical (unpaired) electrons. The summed E-state index contributed by atoms with van der Waals surface area (Å²) < 4.78 is 33.6. The summed E-state index contributed by atoms with van der Waals surface area (Å²) in [4.78, 5) is 14.8. The number of carbonyl (C=O) groups excluding carboxylic acids is 1. The molecule has 35 heavy (non-hydrogen) atoms. The molecule has 0 spiro atoms. The lowest BCUT2D eigenvalue weighted by Gasteiger charge is -2.34. The third kappa shape index (κ3) is 5.16. The molecule has 2 aromatic carbocycles. The molecule has 1 saturated heterocycles. The molecule has 184 valence electrons. The monoisotopic (exact) mass is 494 g/mol. The lowest BCUT2D eigenvalue weighted by atomic mass is 9.92. The number of fused-ring (bicyclic) bond motifs is 1. The zero-order valence-corrected chi connectivity index (χ0v) is 20.8. The number of sulfonamides is 1. The van der Waals surface area contributed by atoms with Gasteiger partial charge in [-0.25, -0.2) is 8.42 Å². The average molecular weight is 495 g/mol. The van der Waals surface area contributed by atoms with E-state index >= 15 is 0 Å². The molecule has 1 fully saturated rings. The van der Waals surface area contributed by atoms with Gasteiger partial charge in [-0.05, 0) is 68.0 Å². The van der Waals surface area contributed by atoms with Crippen molar-refractivity contribution < 1.29 is 17.6 Å². The second-order valence-corrected chi connectivity index (χ2v) is 11.2. The molecular formula is C26H30N4O4S. The number of nitrogens with zero attached hydrogens (tertiary/aromatic N) is 4. The van der Waals surface area contributed by atoms with Gasteiger partial charge in [0.15, 0.2) is 0 Å². The van der Waals surface area contributed by atoms with E-state index in [1.165, 1.54) is 9.87 Å². The van der Waals surface area contributed by atoms with E-state index in [2.05, 4.69) is 10.2 Å². The largest absolute Gasteiger partial charge is 0.421 e. The first-order chi connectivity index (χ1) is 16.9. The van der Waals surface area contributed by atoms with Crippen molar-refractivity contribution in [3.8, 4) is 11.5 Å². The van der Waals surface area contributed by atoms with Crippen LogP contribution < -0.4 is 0 Å². The van der Waals surface area contributed by atoms with Gasteiger partial charge in [-0.15, -0.1) is 10.2 Å². The van der Waals surface area contributed by atoms with E-state index in [1.807, 2.05) is 43.3 Å². The topological polar surface area (TPSA) is 96.6 Å². The van der Waals surface area contributed by atoms with Crippen molar-refractivity contribution in [2.45, 2.75) is 50.3 Å². The summed E-state index contributed by atoms with van der Waals surface area (Å²) in [5.41, 5.74) is 4.40. The van der Waals surface area contributed by atoms with Crippen LogP contribution in [0, 0.1) is 6.92 Å². The number of piperazine rings is 1. The van der Waals surface area contributed by atoms with Crippen LogP contribution in [0.3, 0.4) is 0 Å². The second-order valence-electron chi connectivity index (χ2n) is 9.29. The Kier molecular flexibility index (Phi) is 6.71. The number of carbonyl (C=O) groups is 1. The first kappa shape index (κ1) is 23.7. The number of benzene rings is 2. The van der Waals surface area contributed by atoms with E-state index < -0.39 is 10.0 Å². The third-order valence-electron chi connectivity index (χ3n) is 6.87. The second kappa shape index (κ2) is 9.91. The lowest BCUT2D eigenvalue weighted by Crippen LogP contribution is -2.50. The molecule has 1 aromatic heterocycles. The third-order valence-corrected chi connectivity index (χ3v) is 8.76. The minimum atomic E-state index is -3.56. The van der Waals surface area contributed by atoms with E-state index in [9.17, 15) is 13.2 Å². The van der Waals surface area contributed by atoms with Gasteiger partial charge in [-0.3, -0.25) is 4.79 Å². The number of aryl methyl sites for hydroxylation is 4. The SMILES string of the molecule is Cc1ccc(-c2nnc(CCC(=O)N3CCN(S(=O)(=O)c4ccc5c(c4)CCCC5)CC3)o2)cc1. The lowest BCUT2D eigenvalue weighted by molar-refractivity contribution is -0.132. The smallest absolute Gasteiger partial charge is 0.247 e. The van der Waals surface area contributed by atoms with Gasteiger partial charge in [0.2, 0.25) is 27.7 Å². The van der Waals surface area contributed by atoms with Crippen LogP contribution in [0.5, 0.6) is 0 Å². The Balaban J connectivity index is 1.15. The van der Waals surface area contributed by atoms with Crippen molar-refractivity contribution in [3.05, 3.63) is 65.0 Å². The van der Waals surface area contributed by atoms with Crippen molar-refractivity contribution in [1.29, 1.82) is 0 Å². The van der Waals surface area contributed by atoms with Gasteiger partial charge >= 0.3 is 0 Å². The Hall–Kier alpha value is -3.04. The summed E-state index contributed by atoms with van der Waals surface area (Å²) in [6.07, 6.45) is 4.82. The summed E-state index contributed by atoms with van der Waals surface area (Å²) >= 11 is 0. The predicted molar refractivity (Wildman–Crippen MR) is 131 cm³/mol. The van der Waals surface area contributed by atoms with Gasteiger partial charge in [0, 0.05) is 44.6 Å². The van der Waals surface area contributed by atoms with Gasteiger partial charge in [-0.1, -0.05) is 23.8 Å². The number of aromatic nitrogens is 2. The maximum absolute atomic E-state index is 13.2. The van der Waals surface area contributed by atoms with Gasteiger partial charge in [-0.2, -0.15) is 4.31 Å². The highest BCUT2D eigenvalue weighted by atomic mass is 32.2. The molecule has 3 aromatic rings. The van der Waals surface area contributed by atoms with Crippen LogP contribution in [-0.2, 0) is 34.1 Å². The molecule has 2 aliphatic rings. The fourth-order valence-electron chi connectivity index (χ4n) is 4.74. The number of rotatable bonds is 6. The summed E-state index contributed by atoms with van der Waals surface area (Å²) in [6.45, 7) is 3.35. The standard InChI is InChI=1S/C26H30N4O4S/c1-19-6-8-21(9-7-19)26-28-27-24(34-26)12-13-25(31)29-14-16-30(17-15-29)35(32,33)23-11-10-20-4-2-3-5-22(20)18-23/h6-11,18H,2-5,12-17H2,1H3. The molecule has 9 heteroatoms. The van der Waals surface area contributed by atoms with Gasteiger partial charge in [0.25, 0.3) is 0 Å². The molecule has 5 rings (SSSR count). The molecular weight excluding hydrogens is 464 g/mol. The van der Waals surface area contributed by atoms with Gasteiger partial charge < -0.3 is 9.32 Å². The van der Waals surface area contributed by atoms with E-state index in [4.69, 9.17) is 4.42 Å². The highest BCUT2D eigenvalue weighted by molar-refractivity contribution is 7.89. The molecule has 0 saturated carbocycles. The molecule has 1 amide bonds. The van der Waals surface area contributed by atoms with Crippen LogP contribution in [0.4, 0.5) is 0 Å². The van der Waals surface area contributed by atoms with E-state index in [1.54, 1.807) is 11.0 Å². The van der Waals surface area contributed by atoms with Crippen molar-refractivity contribution in [1.82, 2.24) is 19.4 Å². The van der Waals surface area contributed by atoms with Gasteiger partial charge in [0.05, 0.1) is 4.90 Å². The first-order valence-corrected chi connectivity index (χ1v) is 13.6. The molecule has 1 aliphatic carbocycles. The summed E-state index contributed by atoms with van der Waals surface area (Å²) in [5.74, 6) is 0.821. The van der Waals surface area contributed by atoms with Crippen LogP contribution in [0.1, 0.15) is 41.8 Å². The minimum Gasteiger partial charge on any atom is -0.421 e. The van der Waals surface area contributed by atoms with Crippen molar-refractivity contribution in [3.63, 3.8) is 0 Å². The minimum absolute atomic E-state index is 0.0362. The van der Waals surface area contributed by atoms with E-state index in [0.717, 1.165) is 42.4 Å². The molecule has 2 heterocycles. The summed E-state index contributed by atoms with van der Waals surface area (Å²) in [5, 5.41) is 8.15. The normalized spacial score (nSPS) is 16.8. The van der Waals surface area contributed by atoms with Crippen molar-refractivity contribution >= 4 is 15.9 Å². The highest BCUT2D eigenvalue weighted by Gasteiger charge is 2.30. The maximum Gasteiger partial charge on any atom is 0.247 e. The maximum atomic E-state index is 13.2. The Morgan fingerprint density at radius 3 is 2.40 bits per heavy atom. The zero-order valence-electron chi connectivity index (χ0n) is 19.9. The Morgan fingerprint density at radius 1 is 0.943 bits per heavy atom. The molecule has 8 nitrogen and oxygen atoms in total. The molecule has 0 unspecified atom stereocenters. The van der Waals surface area contributed by atoms with Crippen LogP contribution in [-0.4, -0.2) is 59.9 Å². The molecule has 0 bridgehead atoms. The van der Waals surface area contributed by atoms with Crippen LogP contribution in [0.15, 0.2) is 51.8 Å². The van der Waals surface area contributed by atoms with Gasteiger partial charge in [0.1, 0.15) is 0 Å². The number of hydrogen-bond donors (Lipinski definition) is 0. The van der Waals surface area contributed by atoms with Crippen LogP contribution in [0.2, 0.25) is 0 Å². The van der Waals surface area contributed by atoms with Crippen molar-refractivity contribution in [2.75, 3.05) is 26.2 Å². The molecule has 0 atom stereocenters. The Morgan fingerprint density at radius 2 is 1.66 bits per heavy atom. The highest BCUT2D eigenvalue weighted by Crippen LogP contribution is 2.26. The average Bonchev–Trinajstić information content (AvgIpc) is 3.36. The van der Waals surface area contributed by atoms with Crippen molar-refractivity contribution in [2.24, 2.45) is 0 Å². The Bertz CT molecular complexity index is 1310. The molecule has 1 aliphatic heterocycles. The quantitative estimate of drug-likeness (QED) is 0.521. The fraction of sp³-hybridized carbons (Fsp3) is 0.423. The number of hydrogen-bond acceptors (Lipinski definition) is 6. The zero-order chi connectivity index (χ0) is 24.4. The molecule has 0 N–H and O–H groups in total. The Labute approximate surface area is 206 Å². The predicted octanol–water partition coefficient (Wildman–Crippen LogP) is 3.39. The summed E-state index contributed by atoms with van der Waals surface area (Å²) in [7, 11) is -3.56. The number of amides is 1. The van der Waals surface area contributed by atoms with Crippen LogP contribution in [0.25, 0.3) is 11.5 Å². The summed E-state index contributed by atoms with van der Waals surface area (Å²) in [6, 6.07) is 13.3. The first-order valence-electron chi connectivity index (χ1n) is 12.2. The van der Waals surface area contributed by atoms with Crippen LogP contribution >= 0.6 is 0 Å².